The van der Waals surface area contributed by atoms with Gasteiger partial charge in [0, 0.05) is 6.42 Å². The van der Waals surface area contributed by atoms with Crippen LogP contribution in [0.25, 0.3) is 0 Å². The molecule has 0 aliphatic carbocycles. The van der Waals surface area contributed by atoms with Crippen molar-refractivity contribution in [1.29, 1.82) is 0 Å². The molecule has 0 saturated heterocycles. The van der Waals surface area contributed by atoms with E-state index in [-0.39, 0.29) is 13.0 Å². The lowest BCUT2D eigenvalue weighted by atomic mass is 9.99. The van der Waals surface area contributed by atoms with Crippen LogP contribution in [-0.2, 0) is 15.7 Å². The minimum absolute atomic E-state index is 0.0120. The zero-order valence-electron chi connectivity index (χ0n) is 10.7. The molecule has 0 aromatic rings. The normalized spacial score (nSPS) is 19.9. The topological polar surface area (TPSA) is 74.7 Å². The Morgan fingerprint density at radius 2 is 2.26 bits per heavy atom. The third-order valence-electron chi connectivity index (χ3n) is 2.71. The first kappa shape index (κ1) is 15.2. The highest BCUT2D eigenvalue weighted by Gasteiger charge is 2.21. The summed E-state index contributed by atoms with van der Waals surface area (Å²) < 4.78 is 23.8. The molecule has 0 fully saturated rings. The average molecular weight is 283 g/mol. The van der Waals surface area contributed by atoms with Crippen molar-refractivity contribution < 1.29 is 18.3 Å². The minimum atomic E-state index is -2.75. The van der Waals surface area contributed by atoms with Gasteiger partial charge in [-0.15, -0.1) is 0 Å². The zero-order valence-corrected chi connectivity index (χ0v) is 11.6. The van der Waals surface area contributed by atoms with Crippen LogP contribution in [0, 0.1) is 0 Å². The van der Waals surface area contributed by atoms with Gasteiger partial charge in [0.2, 0.25) is 10.9 Å². The smallest absolute Gasteiger partial charge is 0.303 e. The van der Waals surface area contributed by atoms with E-state index >= 15 is 0 Å². The Balaban J connectivity index is 3.11. The van der Waals surface area contributed by atoms with Crippen LogP contribution in [0.4, 0.5) is 0 Å². The lowest BCUT2D eigenvalue weighted by molar-refractivity contribution is -0.136. The predicted molar refractivity (Wildman–Crippen MR) is 74.0 cm³/mol. The fourth-order valence-corrected chi connectivity index (χ4v) is 2.61. The SMILES string of the molecule is C=C/C=C1/C=C(CCC(=O)O)CN([SH](=O)=O)/C1=C/C. The van der Waals surface area contributed by atoms with Crippen LogP contribution in [-0.4, -0.2) is 30.3 Å². The molecule has 1 N–H and O–H groups in total. The van der Waals surface area contributed by atoms with E-state index in [1.54, 1.807) is 25.2 Å². The molecule has 0 amide bonds. The molecule has 19 heavy (non-hydrogen) atoms. The number of carboxylic acids is 1. The quantitative estimate of drug-likeness (QED) is 0.752. The first-order chi connectivity index (χ1) is 8.99. The summed E-state index contributed by atoms with van der Waals surface area (Å²) in [5.74, 6) is -0.898. The zero-order chi connectivity index (χ0) is 14.4. The lowest BCUT2D eigenvalue weighted by Crippen LogP contribution is -2.28. The van der Waals surface area contributed by atoms with Gasteiger partial charge in [0.05, 0.1) is 12.2 Å². The van der Waals surface area contributed by atoms with E-state index in [9.17, 15) is 13.2 Å². The molecule has 0 aromatic carbocycles. The highest BCUT2D eigenvalue weighted by Crippen LogP contribution is 2.27. The van der Waals surface area contributed by atoms with E-state index in [4.69, 9.17) is 5.11 Å². The van der Waals surface area contributed by atoms with Gasteiger partial charge in [0.15, 0.2) is 0 Å². The Bertz CT molecular complexity index is 533. The molecule has 0 radical (unpaired) electrons. The number of aliphatic carboxylic acids is 1. The summed E-state index contributed by atoms with van der Waals surface area (Å²) in [6.45, 7) is 5.56. The average Bonchev–Trinajstić information content (AvgIpc) is 2.36. The van der Waals surface area contributed by atoms with Crippen LogP contribution in [0.1, 0.15) is 19.8 Å². The molecular weight excluding hydrogens is 266 g/mol. The number of carbonyl (C=O) groups is 1. The van der Waals surface area contributed by atoms with Crippen LogP contribution in [0.2, 0.25) is 0 Å². The molecule has 0 spiro atoms. The van der Waals surface area contributed by atoms with Gasteiger partial charge >= 0.3 is 5.97 Å². The van der Waals surface area contributed by atoms with Crippen molar-refractivity contribution in [3.8, 4) is 0 Å². The van der Waals surface area contributed by atoms with Gasteiger partial charge in [-0.05, 0) is 24.5 Å². The van der Waals surface area contributed by atoms with Crippen LogP contribution in [0.3, 0.4) is 0 Å². The molecule has 104 valence electrons. The largest absolute Gasteiger partial charge is 0.481 e. The molecule has 0 unspecified atom stereocenters. The Labute approximate surface area is 114 Å². The standard InChI is InChI=1S/C13H17NO4S/c1-3-5-11-8-10(6-7-13(15)16)9-14(19(17)18)12(11)4-2/h3-5,8,19H,1,6-7,9H2,2H3,(H,15,16)/b11-5-,12-4+. The second kappa shape index (κ2) is 6.94. The van der Waals surface area contributed by atoms with Gasteiger partial charge in [0.25, 0.3) is 0 Å². The van der Waals surface area contributed by atoms with Crippen molar-refractivity contribution in [3.05, 3.63) is 47.7 Å². The Morgan fingerprint density at radius 3 is 2.74 bits per heavy atom. The maximum atomic E-state index is 11.3. The summed E-state index contributed by atoms with van der Waals surface area (Å²) in [5.41, 5.74) is 2.10. The molecule has 6 heteroatoms. The Kier molecular flexibility index (Phi) is 5.57. The predicted octanol–water partition coefficient (Wildman–Crippen LogP) is 1.64. The van der Waals surface area contributed by atoms with Crippen molar-refractivity contribution in [2.24, 2.45) is 0 Å². The molecule has 0 aromatic heterocycles. The molecule has 0 bridgehead atoms. The van der Waals surface area contributed by atoms with E-state index in [1.807, 2.05) is 6.08 Å². The Morgan fingerprint density at radius 1 is 1.58 bits per heavy atom. The summed E-state index contributed by atoms with van der Waals surface area (Å²) in [5, 5.41) is 8.68. The number of carboxylic acid groups (broad SMARTS) is 1. The number of nitrogens with zero attached hydrogens (tertiary/aromatic N) is 1. The van der Waals surface area contributed by atoms with Crippen molar-refractivity contribution in [1.82, 2.24) is 4.31 Å². The number of hydrogen-bond donors (Lipinski definition) is 2. The van der Waals surface area contributed by atoms with Gasteiger partial charge in [0.1, 0.15) is 0 Å². The molecule has 1 rings (SSSR count). The van der Waals surface area contributed by atoms with Gasteiger partial charge in [-0.3, -0.25) is 9.10 Å². The van der Waals surface area contributed by atoms with Crippen molar-refractivity contribution in [3.63, 3.8) is 0 Å². The van der Waals surface area contributed by atoms with Gasteiger partial charge in [-0.1, -0.05) is 30.9 Å². The maximum absolute atomic E-state index is 11.3. The van der Waals surface area contributed by atoms with E-state index in [1.165, 1.54) is 4.31 Å². The summed E-state index contributed by atoms with van der Waals surface area (Å²) >= 11 is 0. The van der Waals surface area contributed by atoms with Crippen LogP contribution in [0.5, 0.6) is 0 Å². The van der Waals surface area contributed by atoms with E-state index in [0.717, 1.165) is 11.1 Å². The van der Waals surface area contributed by atoms with E-state index in [2.05, 4.69) is 6.58 Å². The fraction of sp³-hybridized carbons (Fsp3) is 0.308. The molecule has 1 aliphatic heterocycles. The molecule has 1 aliphatic rings. The summed E-state index contributed by atoms with van der Waals surface area (Å²) in [6, 6.07) is 0. The number of hydrogen-bond acceptors (Lipinski definition) is 3. The molecule has 0 atom stereocenters. The second-order valence-electron chi connectivity index (χ2n) is 4.02. The molecule has 5 nitrogen and oxygen atoms in total. The van der Waals surface area contributed by atoms with Gasteiger partial charge < -0.3 is 5.11 Å². The maximum Gasteiger partial charge on any atom is 0.303 e. The number of allylic oxidation sites excluding steroid dienone is 4. The first-order valence-corrected chi connectivity index (χ1v) is 6.95. The second-order valence-corrected chi connectivity index (χ2v) is 4.98. The number of thiol groups is 1. The van der Waals surface area contributed by atoms with E-state index < -0.39 is 16.9 Å². The highest BCUT2D eigenvalue weighted by atomic mass is 32.2. The minimum Gasteiger partial charge on any atom is -0.481 e. The lowest BCUT2D eigenvalue weighted by Gasteiger charge is -2.28. The monoisotopic (exact) mass is 283 g/mol. The van der Waals surface area contributed by atoms with Crippen LogP contribution in [0.15, 0.2) is 47.7 Å². The van der Waals surface area contributed by atoms with Crippen molar-refractivity contribution in [2.45, 2.75) is 19.8 Å². The highest BCUT2D eigenvalue weighted by molar-refractivity contribution is 7.70. The van der Waals surface area contributed by atoms with Gasteiger partial charge in [-0.2, -0.15) is 0 Å². The fourth-order valence-electron chi connectivity index (χ4n) is 1.91. The van der Waals surface area contributed by atoms with Crippen LogP contribution >= 0.6 is 0 Å². The van der Waals surface area contributed by atoms with Crippen molar-refractivity contribution >= 4 is 16.9 Å². The molecule has 0 saturated carbocycles. The summed E-state index contributed by atoms with van der Waals surface area (Å²) in [6.07, 6.45) is 7.15. The van der Waals surface area contributed by atoms with Crippen LogP contribution < -0.4 is 0 Å². The molecule has 1 heterocycles. The summed E-state index contributed by atoms with van der Waals surface area (Å²) in [4.78, 5) is 10.6. The first-order valence-electron chi connectivity index (χ1n) is 5.82. The number of rotatable bonds is 5. The van der Waals surface area contributed by atoms with Gasteiger partial charge in [-0.25, -0.2) is 8.42 Å². The van der Waals surface area contributed by atoms with Crippen molar-refractivity contribution in [2.75, 3.05) is 6.54 Å². The summed E-state index contributed by atoms with van der Waals surface area (Å²) in [7, 11) is -2.75. The van der Waals surface area contributed by atoms with E-state index in [0.29, 0.717) is 12.1 Å². The Hall–Kier alpha value is -1.82. The third-order valence-corrected chi connectivity index (χ3v) is 3.47. The third kappa shape index (κ3) is 4.10. The molecular formula is C13H17NO4S.